The molecule has 1 aromatic carbocycles. The predicted molar refractivity (Wildman–Crippen MR) is 122 cm³/mol. The van der Waals surface area contributed by atoms with Gasteiger partial charge in [-0.1, -0.05) is 6.07 Å². The smallest absolute Gasteiger partial charge is 0.383 e. The molecule has 3 N–H and O–H groups in total. The van der Waals surface area contributed by atoms with Crippen molar-refractivity contribution >= 4 is 27.8 Å². The van der Waals surface area contributed by atoms with Crippen molar-refractivity contribution in [3.05, 3.63) is 52.2 Å². The Morgan fingerprint density at radius 1 is 1.18 bits per heavy atom. The van der Waals surface area contributed by atoms with Crippen LogP contribution in [0.5, 0.6) is 0 Å². The lowest BCUT2D eigenvalue weighted by Gasteiger charge is -2.26. The number of nitrogens with zero attached hydrogens (tertiary/aromatic N) is 4. The molecule has 1 aliphatic heterocycles. The summed E-state index contributed by atoms with van der Waals surface area (Å²) in [6, 6.07) is 6.15. The summed E-state index contributed by atoms with van der Waals surface area (Å²) in [6.07, 6.45) is -2.66. The van der Waals surface area contributed by atoms with E-state index in [4.69, 9.17) is 15.5 Å². The summed E-state index contributed by atoms with van der Waals surface area (Å²) in [4.78, 5) is 26.2. The second-order valence-corrected chi connectivity index (χ2v) is 8.36. The third-order valence-electron chi connectivity index (χ3n) is 6.23. The third kappa shape index (κ3) is 4.01. The van der Waals surface area contributed by atoms with E-state index < -0.39 is 17.6 Å². The van der Waals surface area contributed by atoms with Crippen molar-refractivity contribution in [3.8, 4) is 11.1 Å². The van der Waals surface area contributed by atoms with Gasteiger partial charge in [-0.15, -0.1) is 0 Å². The molecule has 178 valence electrons. The monoisotopic (exact) mass is 472 g/mol. The highest BCUT2D eigenvalue weighted by atomic mass is 19.4. The molecule has 0 saturated carbocycles. The molecule has 0 unspecified atom stereocenters. The first kappa shape index (κ1) is 22.4. The van der Waals surface area contributed by atoms with Crippen LogP contribution in [0, 0.1) is 0 Å². The van der Waals surface area contributed by atoms with Gasteiger partial charge in [-0.05, 0) is 23.8 Å². The minimum absolute atomic E-state index is 0.270. The molecule has 0 amide bonds. The van der Waals surface area contributed by atoms with Gasteiger partial charge in [-0.25, -0.2) is 9.78 Å². The van der Waals surface area contributed by atoms with E-state index in [0.717, 1.165) is 31.4 Å². The molecule has 0 aliphatic carbocycles. The molecule has 0 atom stereocenters. The predicted octanol–water partition coefficient (Wildman–Crippen LogP) is 2.95. The van der Waals surface area contributed by atoms with Crippen LogP contribution in [-0.4, -0.2) is 57.3 Å². The van der Waals surface area contributed by atoms with Crippen LogP contribution in [0.1, 0.15) is 11.3 Å². The van der Waals surface area contributed by atoms with Crippen molar-refractivity contribution < 1.29 is 17.9 Å². The molecule has 0 spiro atoms. The number of alkyl halides is 3. The van der Waals surface area contributed by atoms with Crippen molar-refractivity contribution in [2.24, 2.45) is 7.05 Å². The maximum absolute atomic E-state index is 13.3. The number of fused-ring (bicyclic) bond motifs is 3. The maximum Gasteiger partial charge on any atom is 0.419 e. The van der Waals surface area contributed by atoms with Gasteiger partial charge in [0.25, 0.3) is 0 Å². The number of nitrogens with one attached hydrogen (secondary N) is 1. The number of H-pyrrole nitrogens is 1. The summed E-state index contributed by atoms with van der Waals surface area (Å²) in [5, 5.41) is 0.644. The van der Waals surface area contributed by atoms with Crippen LogP contribution in [0.15, 0.2) is 35.3 Å². The zero-order valence-corrected chi connectivity index (χ0v) is 18.4. The third-order valence-corrected chi connectivity index (χ3v) is 6.23. The van der Waals surface area contributed by atoms with E-state index in [0.29, 0.717) is 47.1 Å². The number of nitrogens with two attached hydrogens (primary N) is 1. The Morgan fingerprint density at radius 3 is 2.68 bits per heavy atom. The van der Waals surface area contributed by atoms with Crippen LogP contribution in [0.3, 0.4) is 0 Å². The molecule has 1 saturated heterocycles. The zero-order chi connectivity index (χ0) is 24.0. The number of benzene rings is 1. The van der Waals surface area contributed by atoms with E-state index >= 15 is 0 Å². The average molecular weight is 472 g/mol. The SMILES string of the molecule is Cn1c(=O)[nH]c2c3cc(-c4cnc(N)c(C(F)(F)F)c4)ccc3nc(CCN3CCOCC3)c21. The Morgan fingerprint density at radius 2 is 1.94 bits per heavy atom. The standard InChI is InChI=1S/C23H23F3N6O2/c1-31-20-18(4-5-32-6-8-34-9-7-32)29-17-3-2-13(10-15(17)19(20)30-22(31)33)14-11-16(23(24,25)26)21(27)28-12-14/h2-3,10-12H,4-9H2,1H3,(H2,27,28)(H,30,33). The summed E-state index contributed by atoms with van der Waals surface area (Å²) in [5.74, 6) is -0.571. The Kier molecular flexibility index (Phi) is 5.53. The Bertz CT molecular complexity index is 1440. The van der Waals surface area contributed by atoms with Gasteiger partial charge in [-0.2, -0.15) is 13.2 Å². The van der Waals surface area contributed by atoms with Gasteiger partial charge < -0.3 is 15.5 Å². The van der Waals surface area contributed by atoms with Crippen LogP contribution >= 0.6 is 0 Å². The highest BCUT2D eigenvalue weighted by molar-refractivity contribution is 6.04. The fraction of sp³-hybridized carbons (Fsp3) is 0.348. The Hall–Kier alpha value is -3.44. The lowest BCUT2D eigenvalue weighted by Crippen LogP contribution is -2.37. The lowest BCUT2D eigenvalue weighted by molar-refractivity contribution is -0.137. The minimum atomic E-state index is -4.61. The van der Waals surface area contributed by atoms with Gasteiger partial charge in [0.2, 0.25) is 0 Å². The molecular weight excluding hydrogens is 449 g/mol. The quantitative estimate of drug-likeness (QED) is 0.474. The Labute approximate surface area is 192 Å². The summed E-state index contributed by atoms with van der Waals surface area (Å²) < 4.78 is 46.9. The first-order valence-electron chi connectivity index (χ1n) is 10.9. The number of morpholine rings is 1. The number of anilines is 1. The van der Waals surface area contributed by atoms with E-state index in [2.05, 4.69) is 14.9 Å². The molecule has 5 rings (SSSR count). The largest absolute Gasteiger partial charge is 0.419 e. The Balaban J connectivity index is 1.60. The topological polar surface area (TPSA) is 102 Å². The number of hydrogen-bond acceptors (Lipinski definition) is 6. The fourth-order valence-corrected chi connectivity index (χ4v) is 4.39. The fourth-order valence-electron chi connectivity index (χ4n) is 4.39. The van der Waals surface area contributed by atoms with Crippen molar-refractivity contribution in [3.63, 3.8) is 0 Å². The molecule has 0 radical (unpaired) electrons. The molecule has 11 heteroatoms. The lowest BCUT2D eigenvalue weighted by atomic mass is 10.0. The van der Waals surface area contributed by atoms with E-state index in [1.165, 1.54) is 10.8 Å². The van der Waals surface area contributed by atoms with Gasteiger partial charge in [-0.3, -0.25) is 14.5 Å². The first-order chi connectivity index (χ1) is 16.2. The van der Waals surface area contributed by atoms with E-state index in [1.807, 2.05) is 0 Å². The van der Waals surface area contributed by atoms with Crippen molar-refractivity contribution in [1.29, 1.82) is 0 Å². The number of nitrogen functional groups attached to an aromatic ring is 1. The molecule has 4 aromatic rings. The van der Waals surface area contributed by atoms with Gasteiger partial charge >= 0.3 is 11.9 Å². The summed E-state index contributed by atoms with van der Waals surface area (Å²) >= 11 is 0. The highest BCUT2D eigenvalue weighted by Gasteiger charge is 2.34. The van der Waals surface area contributed by atoms with Gasteiger partial charge in [0, 0.05) is 50.2 Å². The summed E-state index contributed by atoms with van der Waals surface area (Å²) in [7, 11) is 1.68. The number of pyridine rings is 2. The number of imidazole rings is 1. The molecule has 34 heavy (non-hydrogen) atoms. The molecular formula is C23H23F3N6O2. The van der Waals surface area contributed by atoms with Crippen LogP contribution in [0.2, 0.25) is 0 Å². The summed E-state index contributed by atoms with van der Waals surface area (Å²) in [5.41, 5.74) is 7.69. The number of aromatic nitrogens is 4. The summed E-state index contributed by atoms with van der Waals surface area (Å²) in [6.45, 7) is 3.87. The minimum Gasteiger partial charge on any atom is -0.383 e. The van der Waals surface area contributed by atoms with Gasteiger partial charge in [0.05, 0.1) is 41.0 Å². The molecule has 8 nitrogen and oxygen atoms in total. The van der Waals surface area contributed by atoms with Gasteiger partial charge in [0.15, 0.2) is 0 Å². The second kappa shape index (κ2) is 8.41. The van der Waals surface area contributed by atoms with Crippen LogP contribution in [0.4, 0.5) is 19.0 Å². The van der Waals surface area contributed by atoms with Crippen LogP contribution in [-0.2, 0) is 24.4 Å². The molecule has 1 fully saturated rings. The number of aryl methyl sites for hydroxylation is 1. The normalized spacial score (nSPS) is 15.4. The molecule has 0 bridgehead atoms. The first-order valence-corrected chi connectivity index (χ1v) is 10.9. The van der Waals surface area contributed by atoms with Gasteiger partial charge in [0.1, 0.15) is 5.82 Å². The number of hydrogen-bond donors (Lipinski definition) is 2. The molecule has 1 aliphatic rings. The van der Waals surface area contributed by atoms with Crippen molar-refractivity contribution in [1.82, 2.24) is 24.4 Å². The van der Waals surface area contributed by atoms with E-state index in [1.54, 1.807) is 25.2 Å². The van der Waals surface area contributed by atoms with Crippen molar-refractivity contribution in [2.45, 2.75) is 12.6 Å². The maximum atomic E-state index is 13.3. The van der Waals surface area contributed by atoms with E-state index in [9.17, 15) is 18.0 Å². The number of ether oxygens (including phenoxy) is 1. The molecule has 3 aromatic heterocycles. The average Bonchev–Trinajstić information content (AvgIpc) is 3.12. The van der Waals surface area contributed by atoms with Crippen LogP contribution < -0.4 is 11.4 Å². The zero-order valence-electron chi connectivity index (χ0n) is 18.4. The van der Waals surface area contributed by atoms with Crippen LogP contribution in [0.25, 0.3) is 33.1 Å². The number of rotatable bonds is 4. The molecule has 4 heterocycles. The number of halogens is 3. The van der Waals surface area contributed by atoms with E-state index in [-0.39, 0.29) is 11.3 Å². The number of aromatic amines is 1. The highest BCUT2D eigenvalue weighted by Crippen LogP contribution is 2.36. The van der Waals surface area contributed by atoms with Crippen molar-refractivity contribution in [2.75, 3.05) is 38.6 Å². The second-order valence-electron chi connectivity index (χ2n) is 8.36.